The van der Waals surface area contributed by atoms with Gasteiger partial charge in [0.1, 0.15) is 17.6 Å². The Morgan fingerprint density at radius 3 is 2.45 bits per heavy atom. The minimum atomic E-state index is -0.0293. The fourth-order valence-corrected chi connectivity index (χ4v) is 3.91. The number of hydrogen-bond donors (Lipinski definition) is 0. The molecule has 1 unspecified atom stereocenters. The van der Waals surface area contributed by atoms with Crippen LogP contribution in [-0.2, 0) is 0 Å². The van der Waals surface area contributed by atoms with E-state index >= 15 is 0 Å². The number of aromatic nitrogens is 2. The summed E-state index contributed by atoms with van der Waals surface area (Å²) in [4.78, 5) is 5.06. The summed E-state index contributed by atoms with van der Waals surface area (Å²) in [6.45, 7) is 2.03. The van der Waals surface area contributed by atoms with Crippen molar-refractivity contribution in [3.63, 3.8) is 0 Å². The maximum Gasteiger partial charge on any atom is 0.159 e. The van der Waals surface area contributed by atoms with Crippen LogP contribution in [0.5, 0.6) is 5.75 Å². The van der Waals surface area contributed by atoms with Gasteiger partial charge in [-0.15, -0.1) is 0 Å². The fraction of sp³-hybridized carbons (Fsp3) is 0.167. The van der Waals surface area contributed by atoms with Crippen molar-refractivity contribution in [3.8, 4) is 16.9 Å². The minimum absolute atomic E-state index is 0.0293. The van der Waals surface area contributed by atoms with Crippen LogP contribution in [-0.4, -0.2) is 22.6 Å². The zero-order valence-corrected chi connectivity index (χ0v) is 16.4. The number of nitrogens with zero attached hydrogens (tertiary/aromatic N) is 3. The summed E-state index contributed by atoms with van der Waals surface area (Å²) >= 11 is 0. The minimum Gasteiger partial charge on any atom is -0.497 e. The van der Waals surface area contributed by atoms with Gasteiger partial charge in [0, 0.05) is 12.0 Å². The zero-order valence-electron chi connectivity index (χ0n) is 16.4. The number of rotatable bonds is 4. The van der Waals surface area contributed by atoms with Crippen LogP contribution < -0.4 is 4.74 Å². The second-order valence-corrected chi connectivity index (χ2v) is 7.12. The Hall–Kier alpha value is -3.60. The first-order valence-corrected chi connectivity index (χ1v) is 9.64. The largest absolute Gasteiger partial charge is 0.497 e. The van der Waals surface area contributed by atoms with Gasteiger partial charge in [-0.05, 0) is 42.3 Å². The Labute approximate surface area is 169 Å². The van der Waals surface area contributed by atoms with Gasteiger partial charge in [-0.1, -0.05) is 42.5 Å². The van der Waals surface area contributed by atoms with Gasteiger partial charge >= 0.3 is 0 Å². The molecule has 0 N–H and O–H groups in total. The Balaban J connectivity index is 1.70. The molecule has 5 nitrogen and oxygen atoms in total. The van der Waals surface area contributed by atoms with Crippen LogP contribution in [0.15, 0.2) is 82.4 Å². The van der Waals surface area contributed by atoms with E-state index in [0.717, 1.165) is 51.8 Å². The highest BCUT2D eigenvalue weighted by Gasteiger charge is 2.31. The molecule has 0 aliphatic carbocycles. The quantitative estimate of drug-likeness (QED) is 0.463. The third-order valence-electron chi connectivity index (χ3n) is 5.34. The molecule has 1 aliphatic rings. The highest BCUT2D eigenvalue weighted by molar-refractivity contribution is 6.04. The molecule has 5 heteroatoms. The molecule has 0 saturated heterocycles. The number of methoxy groups -OCH3 is 1. The molecule has 2 aromatic carbocycles. The van der Waals surface area contributed by atoms with E-state index in [1.165, 1.54) is 0 Å². The van der Waals surface area contributed by atoms with Crippen LogP contribution in [0.1, 0.15) is 29.5 Å². The Morgan fingerprint density at radius 2 is 1.76 bits per heavy atom. The molecule has 0 amide bonds. The lowest BCUT2D eigenvalue weighted by Gasteiger charge is -2.23. The first-order chi connectivity index (χ1) is 14.2. The van der Waals surface area contributed by atoms with Gasteiger partial charge < -0.3 is 9.15 Å². The lowest BCUT2D eigenvalue weighted by atomic mass is 9.98. The Kier molecular flexibility index (Phi) is 4.28. The van der Waals surface area contributed by atoms with Crippen molar-refractivity contribution in [1.29, 1.82) is 0 Å². The molecule has 0 saturated carbocycles. The highest BCUT2D eigenvalue weighted by Crippen LogP contribution is 2.42. The average Bonchev–Trinajstić information content (AvgIpc) is 3.41. The van der Waals surface area contributed by atoms with Gasteiger partial charge in [0.05, 0.1) is 24.8 Å². The maximum absolute atomic E-state index is 5.77. The number of fused-ring (bicyclic) bond motifs is 1. The molecule has 3 heterocycles. The molecule has 0 bridgehead atoms. The molecule has 29 heavy (non-hydrogen) atoms. The van der Waals surface area contributed by atoms with Crippen LogP contribution >= 0.6 is 0 Å². The van der Waals surface area contributed by atoms with E-state index < -0.39 is 0 Å². The first kappa shape index (κ1) is 17.5. The van der Waals surface area contributed by atoms with Crippen LogP contribution in [0.2, 0.25) is 0 Å². The van der Waals surface area contributed by atoms with Gasteiger partial charge in [0.25, 0.3) is 0 Å². The molecular formula is C24H21N3O2. The number of furan rings is 1. The summed E-state index contributed by atoms with van der Waals surface area (Å²) in [5.41, 5.74) is 5.21. The van der Waals surface area contributed by atoms with Gasteiger partial charge in [-0.25, -0.2) is 9.67 Å². The lowest BCUT2D eigenvalue weighted by Crippen LogP contribution is -2.20. The second kappa shape index (κ2) is 7.09. The van der Waals surface area contributed by atoms with Crippen LogP contribution in [0, 0.1) is 6.92 Å². The Bertz CT molecular complexity index is 1160. The number of aliphatic imine (C=N–C) groups is 1. The van der Waals surface area contributed by atoms with Gasteiger partial charge in [0.15, 0.2) is 5.82 Å². The molecule has 4 aromatic rings. The number of hydrogen-bond acceptors (Lipinski definition) is 4. The second-order valence-electron chi connectivity index (χ2n) is 7.12. The van der Waals surface area contributed by atoms with E-state index in [-0.39, 0.29) is 6.04 Å². The van der Waals surface area contributed by atoms with E-state index in [1.54, 1.807) is 13.4 Å². The fourth-order valence-electron chi connectivity index (χ4n) is 3.91. The van der Waals surface area contributed by atoms with E-state index in [1.807, 2.05) is 54.1 Å². The molecule has 0 spiro atoms. The number of benzene rings is 2. The highest BCUT2D eigenvalue weighted by atomic mass is 16.5. The van der Waals surface area contributed by atoms with Crippen LogP contribution in [0.4, 0.5) is 5.82 Å². The van der Waals surface area contributed by atoms with E-state index in [0.29, 0.717) is 0 Å². The van der Waals surface area contributed by atoms with Gasteiger partial charge in [0.2, 0.25) is 0 Å². The predicted molar refractivity (Wildman–Crippen MR) is 113 cm³/mol. The van der Waals surface area contributed by atoms with E-state index in [4.69, 9.17) is 19.2 Å². The summed E-state index contributed by atoms with van der Waals surface area (Å²) in [6, 6.07) is 22.2. The standard InChI is InChI=1S/C24H21N3O2/c1-16-23(18-10-12-19(28-2)13-11-18)24-25-20(17-7-4-3-5-8-17)15-21(27(24)26-16)22-9-6-14-29-22/h3-14,21H,15H2,1-2H3. The molecule has 144 valence electrons. The van der Waals surface area contributed by atoms with E-state index in [2.05, 4.69) is 24.3 Å². The van der Waals surface area contributed by atoms with Crippen molar-refractivity contribution in [2.24, 2.45) is 4.99 Å². The zero-order chi connectivity index (χ0) is 19.8. The van der Waals surface area contributed by atoms with Crippen LogP contribution in [0.25, 0.3) is 11.1 Å². The summed E-state index contributed by atoms with van der Waals surface area (Å²) in [5.74, 6) is 2.58. The van der Waals surface area contributed by atoms with Crippen LogP contribution in [0.3, 0.4) is 0 Å². The van der Waals surface area contributed by atoms with Crippen molar-refractivity contribution in [1.82, 2.24) is 9.78 Å². The SMILES string of the molecule is COc1ccc(-c2c(C)nn3c2N=C(c2ccccc2)CC3c2ccco2)cc1. The van der Waals surface area contributed by atoms with Crippen molar-refractivity contribution < 1.29 is 9.15 Å². The smallest absolute Gasteiger partial charge is 0.159 e. The molecule has 1 atom stereocenters. The first-order valence-electron chi connectivity index (χ1n) is 9.64. The number of aryl methyl sites for hydroxylation is 1. The number of ether oxygens (including phenoxy) is 1. The monoisotopic (exact) mass is 383 g/mol. The predicted octanol–water partition coefficient (Wildman–Crippen LogP) is 5.57. The summed E-state index contributed by atoms with van der Waals surface area (Å²) in [7, 11) is 1.67. The molecule has 2 aromatic heterocycles. The summed E-state index contributed by atoms with van der Waals surface area (Å²) in [6.07, 6.45) is 2.44. The molecule has 0 radical (unpaired) electrons. The third-order valence-corrected chi connectivity index (χ3v) is 5.34. The van der Waals surface area contributed by atoms with Gasteiger partial charge in [-0.2, -0.15) is 5.10 Å². The maximum atomic E-state index is 5.77. The summed E-state index contributed by atoms with van der Waals surface area (Å²) < 4.78 is 13.1. The molecule has 5 rings (SSSR count). The topological polar surface area (TPSA) is 52.5 Å². The van der Waals surface area contributed by atoms with Crippen molar-refractivity contribution >= 4 is 11.5 Å². The third kappa shape index (κ3) is 3.05. The average molecular weight is 383 g/mol. The molecule has 1 aliphatic heterocycles. The van der Waals surface area contributed by atoms with Crippen molar-refractivity contribution in [2.45, 2.75) is 19.4 Å². The lowest BCUT2D eigenvalue weighted by molar-refractivity contribution is 0.409. The normalized spacial score (nSPS) is 15.7. The Morgan fingerprint density at radius 1 is 0.966 bits per heavy atom. The molecular weight excluding hydrogens is 362 g/mol. The van der Waals surface area contributed by atoms with Crippen molar-refractivity contribution in [2.75, 3.05) is 7.11 Å². The van der Waals surface area contributed by atoms with Crippen molar-refractivity contribution in [3.05, 3.63) is 90.0 Å². The van der Waals surface area contributed by atoms with E-state index in [9.17, 15) is 0 Å². The van der Waals surface area contributed by atoms with Gasteiger partial charge in [-0.3, -0.25) is 0 Å². The summed E-state index contributed by atoms with van der Waals surface area (Å²) in [5, 5.41) is 4.85. The molecule has 0 fully saturated rings.